The molecular formula is C21H18ClN3OS. The lowest BCUT2D eigenvalue weighted by Gasteiger charge is -2.07. The third-order valence-electron chi connectivity index (χ3n) is 3.62. The van der Waals surface area contributed by atoms with E-state index in [2.05, 4.69) is 15.8 Å². The summed E-state index contributed by atoms with van der Waals surface area (Å²) < 4.78 is 5.81. The van der Waals surface area contributed by atoms with Crippen molar-refractivity contribution in [2.45, 2.75) is 6.92 Å². The molecule has 3 aromatic carbocycles. The zero-order chi connectivity index (χ0) is 19.1. The Balaban J connectivity index is 1.50. The highest BCUT2D eigenvalue weighted by atomic mass is 35.5. The molecule has 2 N–H and O–H groups in total. The molecule has 0 spiro atoms. The molecule has 0 aliphatic carbocycles. The van der Waals surface area contributed by atoms with Crippen molar-refractivity contribution >= 4 is 40.8 Å². The summed E-state index contributed by atoms with van der Waals surface area (Å²) in [6.07, 6.45) is 1.69. The van der Waals surface area contributed by atoms with E-state index in [1.165, 1.54) is 5.56 Å². The lowest BCUT2D eigenvalue weighted by Crippen LogP contribution is -2.23. The van der Waals surface area contributed by atoms with Crippen LogP contribution in [0.1, 0.15) is 11.1 Å². The maximum absolute atomic E-state index is 5.85. The van der Waals surface area contributed by atoms with Gasteiger partial charge in [-0.2, -0.15) is 5.10 Å². The minimum atomic E-state index is 0.396. The minimum absolute atomic E-state index is 0.396. The zero-order valence-corrected chi connectivity index (χ0v) is 16.2. The van der Waals surface area contributed by atoms with Gasteiger partial charge in [0.2, 0.25) is 0 Å². The molecule has 4 nitrogen and oxygen atoms in total. The molecule has 0 unspecified atom stereocenters. The van der Waals surface area contributed by atoms with Crippen LogP contribution in [0.25, 0.3) is 0 Å². The lowest BCUT2D eigenvalue weighted by atomic mass is 10.2. The second-order valence-corrected chi connectivity index (χ2v) is 6.66. The second kappa shape index (κ2) is 9.16. The standard InChI is InChI=1S/C21H18ClN3OS/c1-15-2-10-19(11-3-15)26-20-12-4-16(5-13-20)14-23-25-21(27)24-18-8-6-17(22)7-9-18/h2-14H,1H3,(H2,24,25,27)/b23-14+. The van der Waals surface area contributed by atoms with Crippen LogP contribution in [0, 0.1) is 6.92 Å². The van der Waals surface area contributed by atoms with E-state index in [9.17, 15) is 0 Å². The summed E-state index contributed by atoms with van der Waals surface area (Å²) in [4.78, 5) is 0. The van der Waals surface area contributed by atoms with Crippen molar-refractivity contribution < 1.29 is 4.74 Å². The van der Waals surface area contributed by atoms with Crippen molar-refractivity contribution in [1.82, 2.24) is 5.43 Å². The van der Waals surface area contributed by atoms with Gasteiger partial charge < -0.3 is 10.1 Å². The smallest absolute Gasteiger partial charge is 0.191 e. The number of rotatable bonds is 5. The Morgan fingerprint density at radius 3 is 2.15 bits per heavy atom. The monoisotopic (exact) mass is 395 g/mol. The number of hydrogen-bond donors (Lipinski definition) is 2. The fraction of sp³-hybridized carbons (Fsp3) is 0.0476. The van der Waals surface area contributed by atoms with Gasteiger partial charge >= 0.3 is 0 Å². The van der Waals surface area contributed by atoms with Crippen molar-refractivity contribution in [3.05, 3.63) is 88.9 Å². The Morgan fingerprint density at radius 1 is 0.926 bits per heavy atom. The summed E-state index contributed by atoms with van der Waals surface area (Å²) in [6, 6.07) is 22.8. The van der Waals surface area contributed by atoms with E-state index in [-0.39, 0.29) is 0 Å². The number of nitrogens with one attached hydrogen (secondary N) is 2. The molecule has 0 aromatic heterocycles. The van der Waals surface area contributed by atoms with E-state index >= 15 is 0 Å². The molecule has 3 rings (SSSR count). The quantitative estimate of drug-likeness (QED) is 0.327. The third-order valence-corrected chi connectivity index (χ3v) is 4.06. The number of benzene rings is 3. The SMILES string of the molecule is Cc1ccc(Oc2ccc(/C=N/NC(=S)Nc3ccc(Cl)cc3)cc2)cc1. The van der Waals surface area contributed by atoms with E-state index in [1.54, 1.807) is 18.3 Å². The number of hydrogen-bond acceptors (Lipinski definition) is 3. The molecular weight excluding hydrogens is 378 g/mol. The van der Waals surface area contributed by atoms with Gasteiger partial charge in [-0.25, -0.2) is 0 Å². The number of halogens is 1. The van der Waals surface area contributed by atoms with E-state index in [0.717, 1.165) is 22.7 Å². The molecule has 0 aliphatic heterocycles. The number of hydrazone groups is 1. The van der Waals surface area contributed by atoms with Crippen LogP contribution in [0.2, 0.25) is 5.02 Å². The number of thiocarbonyl (C=S) groups is 1. The number of aryl methyl sites for hydroxylation is 1. The van der Waals surface area contributed by atoms with Crippen molar-refractivity contribution in [2.75, 3.05) is 5.32 Å². The summed E-state index contributed by atoms with van der Waals surface area (Å²) in [5.41, 5.74) is 5.74. The van der Waals surface area contributed by atoms with Crippen molar-refractivity contribution in [1.29, 1.82) is 0 Å². The first-order chi connectivity index (χ1) is 13.1. The van der Waals surface area contributed by atoms with Crippen LogP contribution in [0.15, 0.2) is 77.9 Å². The fourth-order valence-corrected chi connectivity index (χ4v) is 2.52. The lowest BCUT2D eigenvalue weighted by molar-refractivity contribution is 0.482. The van der Waals surface area contributed by atoms with Crippen LogP contribution >= 0.6 is 23.8 Å². The minimum Gasteiger partial charge on any atom is -0.457 e. The first kappa shape index (κ1) is 18.9. The first-order valence-corrected chi connectivity index (χ1v) is 9.07. The first-order valence-electron chi connectivity index (χ1n) is 8.29. The Bertz CT molecular complexity index is 923. The van der Waals surface area contributed by atoms with Gasteiger partial charge in [0, 0.05) is 10.7 Å². The summed E-state index contributed by atoms with van der Waals surface area (Å²) in [6.45, 7) is 2.04. The molecule has 3 aromatic rings. The van der Waals surface area contributed by atoms with Crippen LogP contribution < -0.4 is 15.5 Å². The van der Waals surface area contributed by atoms with Gasteiger partial charge in [0.1, 0.15) is 11.5 Å². The van der Waals surface area contributed by atoms with Gasteiger partial charge in [-0.15, -0.1) is 0 Å². The van der Waals surface area contributed by atoms with E-state index in [4.69, 9.17) is 28.6 Å². The second-order valence-electron chi connectivity index (χ2n) is 5.82. The van der Waals surface area contributed by atoms with Gasteiger partial charge in [0.15, 0.2) is 5.11 Å². The molecule has 0 heterocycles. The Hall–Kier alpha value is -2.89. The molecule has 0 saturated heterocycles. The highest BCUT2D eigenvalue weighted by Gasteiger charge is 1.98. The van der Waals surface area contributed by atoms with Crippen LogP contribution in [-0.2, 0) is 0 Å². The van der Waals surface area contributed by atoms with E-state index in [0.29, 0.717) is 10.1 Å². The molecule has 0 saturated carbocycles. The molecule has 0 bridgehead atoms. The number of nitrogens with zero attached hydrogens (tertiary/aromatic N) is 1. The normalized spacial score (nSPS) is 10.6. The molecule has 6 heteroatoms. The third kappa shape index (κ3) is 6.09. The predicted octanol–water partition coefficient (Wildman–Crippen LogP) is 5.76. The summed E-state index contributed by atoms with van der Waals surface area (Å²) >= 11 is 11.1. The maximum atomic E-state index is 5.85. The molecule has 0 fully saturated rings. The molecule has 0 amide bonds. The Morgan fingerprint density at radius 2 is 1.52 bits per heavy atom. The van der Waals surface area contributed by atoms with Crippen LogP contribution in [0.5, 0.6) is 11.5 Å². The van der Waals surface area contributed by atoms with E-state index < -0.39 is 0 Å². The van der Waals surface area contributed by atoms with Gasteiger partial charge in [0.25, 0.3) is 0 Å². The molecule has 27 heavy (non-hydrogen) atoms. The van der Waals surface area contributed by atoms with Gasteiger partial charge in [0.05, 0.1) is 6.21 Å². The van der Waals surface area contributed by atoms with Crippen molar-refractivity contribution in [3.8, 4) is 11.5 Å². The van der Waals surface area contributed by atoms with Crippen molar-refractivity contribution in [3.63, 3.8) is 0 Å². The van der Waals surface area contributed by atoms with Crippen LogP contribution in [0.4, 0.5) is 5.69 Å². The van der Waals surface area contributed by atoms with Crippen LogP contribution in [0.3, 0.4) is 0 Å². The van der Waals surface area contributed by atoms with Gasteiger partial charge in [-0.05, 0) is 85.4 Å². The molecule has 0 aliphatic rings. The molecule has 0 atom stereocenters. The van der Waals surface area contributed by atoms with E-state index in [1.807, 2.05) is 67.6 Å². The zero-order valence-electron chi connectivity index (χ0n) is 14.6. The van der Waals surface area contributed by atoms with Crippen molar-refractivity contribution in [2.24, 2.45) is 5.10 Å². The largest absolute Gasteiger partial charge is 0.457 e. The average molecular weight is 396 g/mol. The summed E-state index contributed by atoms with van der Waals surface area (Å²) in [5.74, 6) is 1.58. The topological polar surface area (TPSA) is 45.6 Å². The van der Waals surface area contributed by atoms with Gasteiger partial charge in [-0.3, -0.25) is 5.43 Å². The highest BCUT2D eigenvalue weighted by molar-refractivity contribution is 7.80. The fourth-order valence-electron chi connectivity index (χ4n) is 2.22. The highest BCUT2D eigenvalue weighted by Crippen LogP contribution is 2.21. The van der Waals surface area contributed by atoms with Crippen LogP contribution in [-0.4, -0.2) is 11.3 Å². The Kier molecular flexibility index (Phi) is 6.41. The molecule has 136 valence electrons. The average Bonchev–Trinajstić information content (AvgIpc) is 2.67. The Labute approximate surface area is 168 Å². The number of ether oxygens (including phenoxy) is 1. The number of anilines is 1. The maximum Gasteiger partial charge on any atom is 0.191 e. The summed E-state index contributed by atoms with van der Waals surface area (Å²) in [5, 5.41) is 8.23. The molecule has 0 radical (unpaired) electrons. The summed E-state index contributed by atoms with van der Waals surface area (Å²) in [7, 11) is 0. The van der Waals surface area contributed by atoms with Gasteiger partial charge in [-0.1, -0.05) is 29.3 Å². The predicted molar refractivity (Wildman–Crippen MR) is 116 cm³/mol.